The average Bonchev–Trinajstić information content (AvgIpc) is 2.84. The molecule has 2 fully saturated rings. The summed E-state index contributed by atoms with van der Waals surface area (Å²) in [6.45, 7) is 7.07. The second-order valence-corrected chi connectivity index (χ2v) is 6.45. The van der Waals surface area contributed by atoms with Gasteiger partial charge in [0.1, 0.15) is 0 Å². The fourth-order valence-corrected chi connectivity index (χ4v) is 3.72. The van der Waals surface area contributed by atoms with Gasteiger partial charge in [-0.05, 0) is 57.7 Å². The molecule has 0 aromatic carbocycles. The van der Waals surface area contributed by atoms with Crippen molar-refractivity contribution in [2.24, 2.45) is 17.6 Å². The number of hydrogen-bond acceptors (Lipinski definition) is 3. The molecule has 2 aliphatic rings. The maximum absolute atomic E-state index is 5.62. The molecule has 3 nitrogen and oxygen atoms in total. The maximum Gasteiger partial charge on any atom is 0.0105 e. The minimum Gasteiger partial charge on any atom is -0.329 e. The molecule has 1 aliphatic carbocycles. The lowest BCUT2D eigenvalue weighted by atomic mass is 9.96. The number of hydrogen-bond donors (Lipinski definition) is 1. The number of likely N-dealkylation sites (tertiary alicyclic amines) is 1. The molecule has 106 valence electrons. The zero-order chi connectivity index (χ0) is 12.8. The van der Waals surface area contributed by atoms with Gasteiger partial charge in [-0.3, -0.25) is 0 Å². The minimum absolute atomic E-state index is 0.812. The van der Waals surface area contributed by atoms with Gasteiger partial charge in [0.05, 0.1) is 0 Å². The Balaban J connectivity index is 1.61. The molecule has 0 aromatic rings. The smallest absolute Gasteiger partial charge is 0.0105 e. The van der Waals surface area contributed by atoms with Crippen LogP contribution in [0.25, 0.3) is 0 Å². The van der Waals surface area contributed by atoms with Gasteiger partial charge in [-0.1, -0.05) is 12.8 Å². The maximum atomic E-state index is 5.62. The third kappa shape index (κ3) is 4.52. The Kier molecular flexibility index (Phi) is 5.93. The van der Waals surface area contributed by atoms with Crippen molar-refractivity contribution in [1.82, 2.24) is 9.80 Å². The van der Waals surface area contributed by atoms with E-state index >= 15 is 0 Å². The monoisotopic (exact) mass is 253 g/mol. The van der Waals surface area contributed by atoms with E-state index < -0.39 is 0 Å². The molecule has 0 radical (unpaired) electrons. The topological polar surface area (TPSA) is 32.5 Å². The Labute approximate surface area is 113 Å². The lowest BCUT2D eigenvalue weighted by molar-refractivity contribution is 0.150. The van der Waals surface area contributed by atoms with Crippen LogP contribution in [-0.4, -0.2) is 56.1 Å². The summed E-state index contributed by atoms with van der Waals surface area (Å²) in [5, 5.41) is 0. The summed E-state index contributed by atoms with van der Waals surface area (Å²) in [5.74, 6) is 1.91. The molecule has 3 heteroatoms. The van der Waals surface area contributed by atoms with E-state index in [0.29, 0.717) is 0 Å². The first-order valence-electron chi connectivity index (χ1n) is 7.89. The molecule has 0 aromatic heterocycles. The Bertz CT molecular complexity index is 218. The van der Waals surface area contributed by atoms with Crippen LogP contribution in [0, 0.1) is 11.8 Å². The molecule has 0 atom stereocenters. The van der Waals surface area contributed by atoms with Crippen molar-refractivity contribution in [3.63, 3.8) is 0 Å². The highest BCUT2D eigenvalue weighted by atomic mass is 15.1. The van der Waals surface area contributed by atoms with Crippen LogP contribution in [-0.2, 0) is 0 Å². The number of rotatable bonds is 6. The molecular formula is C15H31N3. The van der Waals surface area contributed by atoms with Crippen molar-refractivity contribution in [1.29, 1.82) is 0 Å². The molecule has 1 saturated heterocycles. The van der Waals surface area contributed by atoms with Crippen LogP contribution in [0.2, 0.25) is 0 Å². The SMILES string of the molecule is CN(CC1CCCC1)CC1CCN(CCN)CC1. The van der Waals surface area contributed by atoms with Crippen molar-refractivity contribution in [2.45, 2.75) is 38.5 Å². The van der Waals surface area contributed by atoms with E-state index in [1.165, 1.54) is 64.7 Å². The largest absolute Gasteiger partial charge is 0.329 e. The van der Waals surface area contributed by atoms with Crippen molar-refractivity contribution in [2.75, 3.05) is 46.3 Å². The number of nitrogens with zero attached hydrogens (tertiary/aromatic N) is 2. The standard InChI is InChI=1S/C15H31N3/c1-17(12-14-4-2-3-5-14)13-15-6-9-18(10-7-15)11-8-16/h14-15H,2-13,16H2,1H3. The second-order valence-electron chi connectivity index (χ2n) is 6.45. The molecule has 0 bridgehead atoms. The van der Waals surface area contributed by atoms with Gasteiger partial charge in [0, 0.05) is 26.2 Å². The van der Waals surface area contributed by atoms with E-state index in [1.807, 2.05) is 0 Å². The molecule has 18 heavy (non-hydrogen) atoms. The fraction of sp³-hybridized carbons (Fsp3) is 1.00. The van der Waals surface area contributed by atoms with Gasteiger partial charge in [-0.25, -0.2) is 0 Å². The van der Waals surface area contributed by atoms with Gasteiger partial charge in [0.15, 0.2) is 0 Å². The molecule has 1 aliphatic heterocycles. The van der Waals surface area contributed by atoms with Crippen LogP contribution in [0.15, 0.2) is 0 Å². The van der Waals surface area contributed by atoms with Crippen molar-refractivity contribution < 1.29 is 0 Å². The molecule has 1 heterocycles. The van der Waals surface area contributed by atoms with E-state index in [4.69, 9.17) is 5.73 Å². The zero-order valence-electron chi connectivity index (χ0n) is 12.1. The molecule has 0 unspecified atom stereocenters. The van der Waals surface area contributed by atoms with E-state index in [2.05, 4.69) is 16.8 Å². The first-order valence-corrected chi connectivity index (χ1v) is 7.89. The highest BCUT2D eigenvalue weighted by Gasteiger charge is 2.22. The van der Waals surface area contributed by atoms with Crippen molar-refractivity contribution in [3.8, 4) is 0 Å². The molecule has 2 rings (SSSR count). The van der Waals surface area contributed by atoms with Crippen LogP contribution in [0.5, 0.6) is 0 Å². The Hall–Kier alpha value is -0.120. The summed E-state index contributed by atoms with van der Waals surface area (Å²) in [5.41, 5.74) is 5.62. The van der Waals surface area contributed by atoms with Crippen LogP contribution in [0.4, 0.5) is 0 Å². The lowest BCUT2D eigenvalue weighted by Gasteiger charge is -2.34. The minimum atomic E-state index is 0.812. The summed E-state index contributed by atoms with van der Waals surface area (Å²) in [6.07, 6.45) is 8.62. The summed E-state index contributed by atoms with van der Waals surface area (Å²) >= 11 is 0. The predicted molar refractivity (Wildman–Crippen MR) is 77.7 cm³/mol. The van der Waals surface area contributed by atoms with E-state index in [1.54, 1.807) is 0 Å². The third-order valence-electron chi connectivity index (χ3n) is 4.77. The number of nitrogens with two attached hydrogens (primary N) is 1. The van der Waals surface area contributed by atoms with E-state index in [0.717, 1.165) is 24.9 Å². The van der Waals surface area contributed by atoms with Crippen LogP contribution < -0.4 is 5.73 Å². The van der Waals surface area contributed by atoms with Gasteiger partial charge in [-0.15, -0.1) is 0 Å². The van der Waals surface area contributed by atoms with Gasteiger partial charge in [0.25, 0.3) is 0 Å². The lowest BCUT2D eigenvalue weighted by Crippen LogP contribution is -2.40. The Morgan fingerprint density at radius 2 is 1.56 bits per heavy atom. The molecular weight excluding hydrogens is 222 g/mol. The number of piperidine rings is 1. The molecule has 1 saturated carbocycles. The quantitative estimate of drug-likeness (QED) is 0.783. The average molecular weight is 253 g/mol. The highest BCUT2D eigenvalue weighted by molar-refractivity contribution is 4.76. The fourth-order valence-electron chi connectivity index (χ4n) is 3.72. The normalized spacial score (nSPS) is 24.2. The highest BCUT2D eigenvalue weighted by Crippen LogP contribution is 2.26. The summed E-state index contributed by atoms with van der Waals surface area (Å²) in [7, 11) is 2.32. The van der Waals surface area contributed by atoms with Crippen LogP contribution in [0.1, 0.15) is 38.5 Å². The Morgan fingerprint density at radius 1 is 1.00 bits per heavy atom. The summed E-state index contributed by atoms with van der Waals surface area (Å²) < 4.78 is 0. The molecule has 0 amide bonds. The van der Waals surface area contributed by atoms with Crippen LogP contribution in [0.3, 0.4) is 0 Å². The van der Waals surface area contributed by atoms with Crippen LogP contribution >= 0.6 is 0 Å². The van der Waals surface area contributed by atoms with Gasteiger partial charge in [0.2, 0.25) is 0 Å². The van der Waals surface area contributed by atoms with E-state index in [9.17, 15) is 0 Å². The van der Waals surface area contributed by atoms with Gasteiger partial charge in [-0.2, -0.15) is 0 Å². The van der Waals surface area contributed by atoms with Gasteiger partial charge >= 0.3 is 0 Å². The first kappa shape index (κ1) is 14.3. The summed E-state index contributed by atoms with van der Waals surface area (Å²) in [6, 6.07) is 0. The van der Waals surface area contributed by atoms with Gasteiger partial charge < -0.3 is 15.5 Å². The van der Waals surface area contributed by atoms with E-state index in [-0.39, 0.29) is 0 Å². The zero-order valence-corrected chi connectivity index (χ0v) is 12.1. The second kappa shape index (κ2) is 7.46. The van der Waals surface area contributed by atoms with Crippen molar-refractivity contribution in [3.05, 3.63) is 0 Å². The summed E-state index contributed by atoms with van der Waals surface area (Å²) in [4.78, 5) is 5.12. The molecule has 2 N–H and O–H groups in total. The van der Waals surface area contributed by atoms with Crippen molar-refractivity contribution >= 4 is 0 Å². The Morgan fingerprint density at radius 3 is 2.11 bits per heavy atom. The molecule has 0 spiro atoms. The third-order valence-corrected chi connectivity index (χ3v) is 4.77. The predicted octanol–water partition coefficient (Wildman–Crippen LogP) is 1.78. The first-order chi connectivity index (χ1) is 8.78.